The Morgan fingerprint density at radius 2 is 1.90 bits per heavy atom. The normalized spacial score (nSPS) is 19.7. The summed E-state index contributed by atoms with van der Waals surface area (Å²) < 4.78 is 36.8. The van der Waals surface area contributed by atoms with Crippen LogP contribution in [-0.2, 0) is 10.0 Å². The topological polar surface area (TPSA) is 81.9 Å². The number of hydrogen-bond donors (Lipinski definition) is 1. The fraction of sp³-hybridized carbons (Fsp3) is 0.538. The van der Waals surface area contributed by atoms with E-state index in [0.717, 1.165) is 12.8 Å². The highest BCUT2D eigenvalue weighted by Gasteiger charge is 2.29. The highest BCUT2D eigenvalue weighted by molar-refractivity contribution is 7.89. The maximum absolute atomic E-state index is 12.6. The van der Waals surface area contributed by atoms with Gasteiger partial charge in [0, 0.05) is 25.2 Å². The van der Waals surface area contributed by atoms with Gasteiger partial charge in [-0.15, -0.1) is 12.4 Å². The number of rotatable bonds is 4. The van der Waals surface area contributed by atoms with E-state index in [2.05, 4.69) is 0 Å². The van der Waals surface area contributed by atoms with Crippen molar-refractivity contribution in [2.75, 3.05) is 27.3 Å². The van der Waals surface area contributed by atoms with Gasteiger partial charge in [0.2, 0.25) is 10.0 Å². The van der Waals surface area contributed by atoms with Gasteiger partial charge < -0.3 is 15.2 Å². The summed E-state index contributed by atoms with van der Waals surface area (Å²) in [6, 6.07) is 4.50. The second kappa shape index (κ2) is 7.31. The second-order valence-corrected chi connectivity index (χ2v) is 6.72. The van der Waals surface area contributed by atoms with Crippen molar-refractivity contribution in [1.82, 2.24) is 4.31 Å². The average Bonchev–Trinajstić information content (AvgIpc) is 2.46. The first-order chi connectivity index (χ1) is 9.48. The lowest BCUT2D eigenvalue weighted by Crippen LogP contribution is -2.45. The summed E-state index contributed by atoms with van der Waals surface area (Å²) in [7, 11) is -0.548. The van der Waals surface area contributed by atoms with E-state index in [1.165, 1.54) is 30.7 Å². The zero-order chi connectivity index (χ0) is 14.8. The van der Waals surface area contributed by atoms with Crippen LogP contribution in [0.3, 0.4) is 0 Å². The van der Waals surface area contributed by atoms with E-state index in [1.807, 2.05) is 0 Å². The van der Waals surface area contributed by atoms with Crippen LogP contribution < -0.4 is 15.2 Å². The van der Waals surface area contributed by atoms with Crippen molar-refractivity contribution in [3.63, 3.8) is 0 Å². The molecular weight excluding hydrogens is 316 g/mol. The molecule has 0 saturated carbocycles. The third-order valence-corrected chi connectivity index (χ3v) is 5.27. The zero-order valence-electron chi connectivity index (χ0n) is 12.1. The zero-order valence-corrected chi connectivity index (χ0v) is 13.7. The Bertz CT molecular complexity index is 580. The van der Waals surface area contributed by atoms with Gasteiger partial charge in [-0.05, 0) is 25.0 Å². The number of benzene rings is 1. The lowest BCUT2D eigenvalue weighted by atomic mass is 10.1. The van der Waals surface area contributed by atoms with Gasteiger partial charge in [0.05, 0.1) is 19.1 Å². The maximum atomic E-state index is 12.6. The van der Waals surface area contributed by atoms with E-state index in [1.54, 1.807) is 6.07 Å². The number of halogens is 1. The molecule has 2 N–H and O–H groups in total. The van der Waals surface area contributed by atoms with Gasteiger partial charge in [0.15, 0.2) is 11.5 Å². The average molecular weight is 337 g/mol. The largest absolute Gasteiger partial charge is 0.493 e. The molecule has 21 heavy (non-hydrogen) atoms. The summed E-state index contributed by atoms with van der Waals surface area (Å²) in [5, 5.41) is 0. The first-order valence-corrected chi connectivity index (χ1v) is 7.91. The molecule has 0 bridgehead atoms. The van der Waals surface area contributed by atoms with Crippen molar-refractivity contribution in [3.8, 4) is 11.5 Å². The van der Waals surface area contributed by atoms with Gasteiger partial charge in [-0.3, -0.25) is 0 Å². The van der Waals surface area contributed by atoms with E-state index < -0.39 is 10.0 Å². The molecule has 1 heterocycles. The van der Waals surface area contributed by atoms with Crippen LogP contribution in [0, 0.1) is 0 Å². The van der Waals surface area contributed by atoms with Crippen molar-refractivity contribution < 1.29 is 17.9 Å². The Hall–Kier alpha value is -1.02. The van der Waals surface area contributed by atoms with Crippen LogP contribution in [0.1, 0.15) is 12.8 Å². The molecule has 0 amide bonds. The molecule has 0 spiro atoms. The standard InChI is InChI=1S/C13H20N2O4S.ClH/c1-18-12-6-5-11(8-13(12)19-2)20(16,17)15-7-3-4-10(14)9-15;/h5-6,8,10H,3-4,7,9,14H2,1-2H3;1H/t10-;/m1./s1. The van der Waals surface area contributed by atoms with E-state index >= 15 is 0 Å². The molecule has 0 aliphatic carbocycles. The molecule has 0 radical (unpaired) electrons. The van der Waals surface area contributed by atoms with Crippen LogP contribution >= 0.6 is 12.4 Å². The lowest BCUT2D eigenvalue weighted by Gasteiger charge is -2.30. The number of methoxy groups -OCH3 is 2. The smallest absolute Gasteiger partial charge is 0.243 e. The minimum atomic E-state index is -3.53. The van der Waals surface area contributed by atoms with Crippen molar-refractivity contribution in [1.29, 1.82) is 0 Å². The van der Waals surface area contributed by atoms with Gasteiger partial charge in [-0.1, -0.05) is 0 Å². The number of sulfonamides is 1. The Kier molecular flexibility index (Phi) is 6.27. The molecule has 1 atom stereocenters. The molecule has 8 heteroatoms. The summed E-state index contributed by atoms with van der Waals surface area (Å²) in [5.74, 6) is 0.900. The van der Waals surface area contributed by atoms with Crippen LogP contribution in [0.4, 0.5) is 0 Å². The molecule has 6 nitrogen and oxygen atoms in total. The fourth-order valence-electron chi connectivity index (χ4n) is 2.32. The predicted octanol–water partition coefficient (Wildman–Crippen LogP) is 1.24. The Labute approximate surface area is 131 Å². The number of hydrogen-bond acceptors (Lipinski definition) is 5. The van der Waals surface area contributed by atoms with Crippen LogP contribution in [0.15, 0.2) is 23.1 Å². The van der Waals surface area contributed by atoms with Gasteiger partial charge in [-0.2, -0.15) is 4.31 Å². The monoisotopic (exact) mass is 336 g/mol. The molecule has 120 valence electrons. The molecule has 1 aromatic carbocycles. The fourth-order valence-corrected chi connectivity index (χ4v) is 3.87. The third kappa shape index (κ3) is 3.79. The first-order valence-electron chi connectivity index (χ1n) is 6.47. The van der Waals surface area contributed by atoms with Crippen LogP contribution in [0.25, 0.3) is 0 Å². The summed E-state index contributed by atoms with van der Waals surface area (Å²) in [5.41, 5.74) is 5.85. The Morgan fingerprint density at radius 3 is 2.48 bits per heavy atom. The van der Waals surface area contributed by atoms with E-state index in [0.29, 0.717) is 24.6 Å². The summed E-state index contributed by atoms with van der Waals surface area (Å²) in [6.07, 6.45) is 1.64. The number of piperidine rings is 1. The van der Waals surface area contributed by atoms with Gasteiger partial charge in [-0.25, -0.2) is 8.42 Å². The molecule has 1 aliphatic heterocycles. The van der Waals surface area contributed by atoms with Crippen LogP contribution in [0.5, 0.6) is 11.5 Å². The van der Waals surface area contributed by atoms with E-state index in [9.17, 15) is 8.42 Å². The molecule has 1 aromatic rings. The van der Waals surface area contributed by atoms with Crippen molar-refractivity contribution in [2.45, 2.75) is 23.8 Å². The van der Waals surface area contributed by atoms with E-state index in [4.69, 9.17) is 15.2 Å². The van der Waals surface area contributed by atoms with Crippen LogP contribution in [0.2, 0.25) is 0 Å². The quantitative estimate of drug-likeness (QED) is 0.894. The molecular formula is C13H21ClN2O4S. The highest BCUT2D eigenvalue weighted by atomic mass is 35.5. The van der Waals surface area contributed by atoms with Crippen LogP contribution in [-0.4, -0.2) is 46.1 Å². The summed E-state index contributed by atoms with van der Waals surface area (Å²) in [4.78, 5) is 0.198. The maximum Gasteiger partial charge on any atom is 0.243 e. The van der Waals surface area contributed by atoms with Gasteiger partial charge in [0.1, 0.15) is 0 Å². The van der Waals surface area contributed by atoms with Gasteiger partial charge >= 0.3 is 0 Å². The Balaban J connectivity index is 0.00000220. The molecule has 1 aliphatic rings. The molecule has 1 saturated heterocycles. The number of nitrogens with zero attached hydrogens (tertiary/aromatic N) is 1. The summed E-state index contributed by atoms with van der Waals surface area (Å²) in [6.45, 7) is 0.862. The molecule has 0 aromatic heterocycles. The summed E-state index contributed by atoms with van der Waals surface area (Å²) >= 11 is 0. The van der Waals surface area contributed by atoms with Crippen molar-refractivity contribution >= 4 is 22.4 Å². The lowest BCUT2D eigenvalue weighted by molar-refractivity contribution is 0.315. The van der Waals surface area contributed by atoms with Crippen molar-refractivity contribution in [2.24, 2.45) is 5.73 Å². The third-order valence-electron chi connectivity index (χ3n) is 3.41. The Morgan fingerprint density at radius 1 is 1.24 bits per heavy atom. The van der Waals surface area contributed by atoms with Gasteiger partial charge in [0.25, 0.3) is 0 Å². The number of nitrogens with two attached hydrogens (primary N) is 1. The molecule has 0 unspecified atom stereocenters. The minimum Gasteiger partial charge on any atom is -0.493 e. The second-order valence-electron chi connectivity index (χ2n) is 4.78. The van der Waals surface area contributed by atoms with Crippen molar-refractivity contribution in [3.05, 3.63) is 18.2 Å². The van der Waals surface area contributed by atoms with E-state index in [-0.39, 0.29) is 23.3 Å². The molecule has 2 rings (SSSR count). The first kappa shape index (κ1) is 18.0. The molecule has 1 fully saturated rings. The number of ether oxygens (including phenoxy) is 2. The SMILES string of the molecule is COc1ccc(S(=O)(=O)N2CCC[C@@H](N)C2)cc1OC.Cl. The highest BCUT2D eigenvalue weighted by Crippen LogP contribution is 2.31. The minimum absolute atomic E-state index is 0. The predicted molar refractivity (Wildman–Crippen MR) is 82.8 cm³/mol.